The highest BCUT2D eigenvalue weighted by molar-refractivity contribution is 5.86. The predicted octanol–water partition coefficient (Wildman–Crippen LogP) is 10.6. The second-order valence-electron chi connectivity index (χ2n) is 33.4. The molecule has 20 aliphatic rings. The van der Waals surface area contributed by atoms with Gasteiger partial charge < -0.3 is 45.5 Å². The summed E-state index contributed by atoms with van der Waals surface area (Å²) in [6, 6.07) is 22.3. The summed E-state index contributed by atoms with van der Waals surface area (Å²) < 4.78 is 6.63. The largest absolute Gasteiger partial charge is 0.454 e. The molecule has 19 aliphatic carbocycles. The molecule has 25 unspecified atom stereocenters. The van der Waals surface area contributed by atoms with Crippen molar-refractivity contribution in [1.82, 2.24) is 5.32 Å². The van der Waals surface area contributed by atoms with Gasteiger partial charge in [0, 0.05) is 57.6 Å². The van der Waals surface area contributed by atoms with Crippen molar-refractivity contribution < 1.29 is 45.0 Å². The van der Waals surface area contributed by atoms with Crippen LogP contribution in [0.15, 0.2) is 84.5 Å². The number of benzene rings is 3. The zero-order chi connectivity index (χ0) is 60.4. The molecule has 0 amide bonds. The first kappa shape index (κ1) is 57.2. The summed E-state index contributed by atoms with van der Waals surface area (Å²) in [6.45, 7) is -0.138. The molecule has 3 aromatic carbocycles. The first-order chi connectivity index (χ1) is 43.1. The third-order valence-corrected chi connectivity index (χ3v) is 30.8. The molecule has 0 saturated heterocycles. The lowest BCUT2D eigenvalue weighted by Crippen LogP contribution is -2.86. The van der Waals surface area contributed by atoms with Gasteiger partial charge >= 0.3 is 5.97 Å². The van der Waals surface area contributed by atoms with Gasteiger partial charge in [0.1, 0.15) is 23.6 Å². The number of fused-ring (bicyclic) bond motifs is 2. The van der Waals surface area contributed by atoms with E-state index in [0.717, 1.165) is 118 Å². The second-order valence-corrected chi connectivity index (χ2v) is 33.4. The van der Waals surface area contributed by atoms with Gasteiger partial charge in [-0.2, -0.15) is 0 Å². The van der Waals surface area contributed by atoms with Crippen molar-refractivity contribution in [3.8, 4) is 11.8 Å². The van der Waals surface area contributed by atoms with Crippen molar-refractivity contribution in [1.29, 1.82) is 0 Å². The molecule has 470 valence electrons. The quantitative estimate of drug-likeness (QED) is 0.0576. The summed E-state index contributed by atoms with van der Waals surface area (Å²) in [5.41, 5.74) is 0.244. The van der Waals surface area contributed by atoms with Crippen LogP contribution in [0.2, 0.25) is 0 Å². The summed E-state index contributed by atoms with van der Waals surface area (Å²) >= 11 is 0. The summed E-state index contributed by atoms with van der Waals surface area (Å²) in [4.78, 5) is 30.3. The number of aliphatic hydroxyl groups excluding tert-OH is 3. The SMILES string of the molecule is CNC1Cc2c(cccc2CO)C#CC23CC4CCc5c(cccc5CC4C2)Cc2cccc(c2)C2CCC4C(CCC45CC4(C=O)C6CCC7(C3)C3C8=CC(=O)OC8C1CC3CC7(O)C6(O)C(O)C1CC3C(C=CCC3C3CCCC3)CC(C5O)C14O)C2. The van der Waals surface area contributed by atoms with E-state index in [0.29, 0.717) is 68.1 Å². The maximum Gasteiger partial charge on any atom is 0.331 e. The Labute approximate surface area is 526 Å². The van der Waals surface area contributed by atoms with Crippen LogP contribution in [-0.4, -0.2) is 91.1 Å². The van der Waals surface area contributed by atoms with E-state index >= 15 is 20.1 Å². The molecule has 3 aromatic rings. The lowest BCUT2D eigenvalue weighted by Gasteiger charge is -2.75. The van der Waals surface area contributed by atoms with Crippen LogP contribution >= 0.6 is 0 Å². The van der Waals surface area contributed by atoms with Crippen molar-refractivity contribution >= 4 is 12.3 Å². The Morgan fingerprint density at radius 2 is 1.55 bits per heavy atom. The zero-order valence-electron chi connectivity index (χ0n) is 52.3. The highest BCUT2D eigenvalue weighted by Crippen LogP contribution is 2.81. The number of carbonyl (C=O) groups excluding carboxylic acids is 2. The van der Waals surface area contributed by atoms with E-state index in [4.69, 9.17) is 4.74 Å². The highest BCUT2D eigenvalue weighted by atomic mass is 16.5. The van der Waals surface area contributed by atoms with Gasteiger partial charge in [-0.05, 0) is 258 Å². The standard InChI is InChI=1S/C79H95NO9/c1-80-66-35-59-46(11-5-16-54(59)40-81)22-25-73-37-53-18-20-57-49(13-6-14-50(57)31-55(53)38-73)29-44-8-4-12-47(28-44)48-19-21-63-52(30-48)23-26-74(63)42-76(43-82)67-24-27-75(41-73)69-56(32-61(66)70-62(69)36-68(83)89-70)39-77(75,86)79(67,88)72(85)65-34-60-51(33-64(71(74)84)78(65,76)87)15-7-17-58(60)45-9-2-3-10-45/h4-8,11-16,28,36,43,45,48,51-53,55-56,58,60-61,63-67,69-72,80-81,84-88H,2-3,9-10,17-21,23-24,26-27,29-35,37-42H2,1H3. The van der Waals surface area contributed by atoms with Crippen molar-refractivity contribution in [2.75, 3.05) is 7.05 Å². The van der Waals surface area contributed by atoms with Crippen molar-refractivity contribution in [3.63, 3.8) is 0 Å². The smallest absolute Gasteiger partial charge is 0.331 e. The third-order valence-electron chi connectivity index (χ3n) is 30.8. The molecule has 89 heavy (non-hydrogen) atoms. The van der Waals surface area contributed by atoms with Crippen LogP contribution in [0.3, 0.4) is 0 Å². The topological polar surface area (TPSA) is 177 Å². The molecule has 1 aliphatic heterocycles. The Hall–Kier alpha value is -4.44. The number of likely N-dealkylation sites (N-methyl/N-ethyl adjacent to an activating group) is 1. The molecule has 10 heteroatoms. The third kappa shape index (κ3) is 7.54. The van der Waals surface area contributed by atoms with Crippen LogP contribution in [0.4, 0.5) is 0 Å². The minimum atomic E-state index is -2.29. The monoisotopic (exact) mass is 1200 g/mol. The van der Waals surface area contributed by atoms with Crippen LogP contribution in [0, 0.1) is 116 Å². The minimum absolute atomic E-state index is 0.0136. The van der Waals surface area contributed by atoms with E-state index in [2.05, 4.69) is 77.8 Å². The van der Waals surface area contributed by atoms with Gasteiger partial charge in [-0.3, -0.25) is 0 Å². The molecule has 19 bridgehead atoms. The number of allylic oxidation sites excluding steroid dienone is 2. The Morgan fingerprint density at radius 3 is 2.39 bits per heavy atom. The van der Waals surface area contributed by atoms with Gasteiger partial charge in [0.15, 0.2) is 0 Å². The van der Waals surface area contributed by atoms with Crippen LogP contribution in [-0.2, 0) is 46.6 Å². The Balaban J connectivity index is 0.887. The van der Waals surface area contributed by atoms with E-state index in [9.17, 15) is 20.1 Å². The van der Waals surface area contributed by atoms with E-state index in [-0.39, 0.29) is 73.4 Å². The first-order valence-electron chi connectivity index (χ1n) is 35.8. The number of hydrogen-bond donors (Lipinski definition) is 7. The highest BCUT2D eigenvalue weighted by Gasteiger charge is 2.88. The molecule has 10 saturated carbocycles. The van der Waals surface area contributed by atoms with Gasteiger partial charge in [-0.25, -0.2) is 4.79 Å². The van der Waals surface area contributed by atoms with Crippen molar-refractivity contribution in [3.05, 3.63) is 129 Å². The number of aliphatic hydroxyl groups is 6. The van der Waals surface area contributed by atoms with Gasteiger partial charge in [0.05, 0.1) is 29.8 Å². The number of ether oxygens (including phenoxy) is 1. The van der Waals surface area contributed by atoms with Crippen molar-refractivity contribution in [2.24, 2.45) is 105 Å². The minimum Gasteiger partial charge on any atom is -0.454 e. The van der Waals surface area contributed by atoms with Crippen LogP contribution in [0.25, 0.3) is 0 Å². The number of aldehydes is 1. The van der Waals surface area contributed by atoms with Gasteiger partial charge in [-0.15, -0.1) is 0 Å². The van der Waals surface area contributed by atoms with Crippen LogP contribution in [0.5, 0.6) is 0 Å². The molecule has 3 spiro atoms. The number of esters is 1. The number of nitrogens with one attached hydrogen (secondary N) is 1. The van der Waals surface area contributed by atoms with Crippen molar-refractivity contribution in [2.45, 2.75) is 214 Å². The first-order valence-corrected chi connectivity index (χ1v) is 35.8. The van der Waals surface area contributed by atoms with Crippen LogP contribution in [0.1, 0.15) is 185 Å². The fourth-order valence-corrected chi connectivity index (χ4v) is 27.7. The molecule has 1 heterocycles. The second kappa shape index (κ2) is 20.0. The molecule has 7 N–H and O–H groups in total. The molecule has 0 radical (unpaired) electrons. The maximum atomic E-state index is 15.9. The van der Waals surface area contributed by atoms with E-state index in [1.807, 2.05) is 19.2 Å². The molecular formula is C79H95NO9. The Morgan fingerprint density at radius 1 is 0.730 bits per heavy atom. The summed E-state index contributed by atoms with van der Waals surface area (Å²) in [7, 11) is 1.97. The Bertz CT molecular complexity index is 3560. The lowest BCUT2D eigenvalue weighted by molar-refractivity contribution is -0.386. The zero-order valence-corrected chi connectivity index (χ0v) is 52.3. The number of carbonyl (C=O) groups is 2. The Kier molecular flexibility index (Phi) is 12.9. The molecule has 25 atom stereocenters. The fraction of sp³-hybridized carbons (Fsp3) is 0.671. The number of hydrogen-bond acceptors (Lipinski definition) is 10. The normalized spacial score (nSPS) is 49.2. The van der Waals surface area contributed by atoms with E-state index in [1.165, 1.54) is 40.7 Å². The predicted molar refractivity (Wildman–Crippen MR) is 337 cm³/mol. The maximum absolute atomic E-state index is 15.9. The van der Waals surface area contributed by atoms with Gasteiger partial charge in [0.25, 0.3) is 0 Å². The fourth-order valence-electron chi connectivity index (χ4n) is 27.7. The van der Waals surface area contributed by atoms with Crippen LogP contribution < -0.4 is 5.32 Å². The lowest BCUT2D eigenvalue weighted by atomic mass is 9.32. The van der Waals surface area contributed by atoms with Gasteiger partial charge in [0.2, 0.25) is 0 Å². The average Bonchev–Trinajstić information content (AvgIpc) is 1.63. The average molecular weight is 1200 g/mol. The van der Waals surface area contributed by atoms with E-state index in [1.54, 1.807) is 6.08 Å². The molecule has 10 fully saturated rings. The summed E-state index contributed by atoms with van der Waals surface area (Å²) in [5, 5.41) is 89.9. The molecule has 10 nitrogen and oxygen atoms in total. The number of rotatable bonds is 4. The van der Waals surface area contributed by atoms with Gasteiger partial charge in [-0.1, -0.05) is 104 Å². The molecular weight excluding hydrogens is 1110 g/mol. The molecule has 0 aromatic heterocycles. The molecule has 23 rings (SSSR count). The summed E-state index contributed by atoms with van der Waals surface area (Å²) in [6.07, 6.45) is 23.3. The summed E-state index contributed by atoms with van der Waals surface area (Å²) in [5.74, 6) is 6.16. The van der Waals surface area contributed by atoms with E-state index < -0.39 is 80.4 Å².